The number of hydrogen-bond acceptors (Lipinski definition) is 9. The normalized spacial score (nSPS) is 22.9. The van der Waals surface area contributed by atoms with E-state index in [4.69, 9.17) is 24.7 Å². The molecule has 1 aromatic rings. The number of carboxylic acid groups (broad SMARTS) is 1. The van der Waals surface area contributed by atoms with Crippen LogP contribution in [0.3, 0.4) is 0 Å². The van der Waals surface area contributed by atoms with Crippen LogP contribution in [0, 0.1) is 11.3 Å². The maximum atomic E-state index is 13.7. The zero-order valence-electron chi connectivity index (χ0n) is 24.7. The Bertz CT molecular complexity index is 1040. The molecule has 0 unspecified atom stereocenters. The molecule has 3 aliphatic heterocycles. The monoisotopic (exact) mass is 577 g/mol. The fourth-order valence-electron chi connectivity index (χ4n) is 6.40. The van der Waals surface area contributed by atoms with Gasteiger partial charge in [-0.3, -0.25) is 14.5 Å². The van der Waals surface area contributed by atoms with Crippen molar-refractivity contribution in [1.29, 1.82) is 0 Å². The molecule has 230 valence electrons. The number of ether oxygens (including phenoxy) is 4. The summed E-state index contributed by atoms with van der Waals surface area (Å²) < 4.78 is 22.8. The standard InChI is InChI=1S/C30H47N3O8/c1-4-5-9-32(10-7-6-8-31)25(35)17-33-16-22(20-13-21(18-34)27-24(14-20)40-19-41-27)26(28(36)37)23(33)15-30(2,3)29-38-11-12-39-29/h13-14,22-23,26,29,34H,4-12,15-19,31H2,1-3H3,(H,36,37)/t22-,23+,26-/m1/s1. The van der Waals surface area contributed by atoms with Gasteiger partial charge in [-0.15, -0.1) is 0 Å². The molecule has 1 amide bonds. The molecule has 4 N–H and O–H groups in total. The Morgan fingerprint density at radius 1 is 1.12 bits per heavy atom. The van der Waals surface area contributed by atoms with Crippen molar-refractivity contribution in [3.8, 4) is 11.5 Å². The lowest BCUT2D eigenvalue weighted by Crippen LogP contribution is -2.47. The summed E-state index contributed by atoms with van der Waals surface area (Å²) in [5.74, 6) is -1.15. The number of aliphatic carboxylic acids is 1. The van der Waals surface area contributed by atoms with Crippen molar-refractivity contribution in [3.05, 3.63) is 23.3 Å². The van der Waals surface area contributed by atoms with Gasteiger partial charge < -0.3 is 39.8 Å². The Morgan fingerprint density at radius 2 is 1.85 bits per heavy atom. The third-order valence-corrected chi connectivity index (χ3v) is 8.55. The van der Waals surface area contributed by atoms with Crippen LogP contribution < -0.4 is 15.2 Å². The lowest BCUT2D eigenvalue weighted by molar-refractivity contribution is -0.148. The second-order valence-electron chi connectivity index (χ2n) is 12.0. The minimum Gasteiger partial charge on any atom is -0.481 e. The van der Waals surface area contributed by atoms with E-state index in [2.05, 4.69) is 6.92 Å². The average molecular weight is 578 g/mol. The summed E-state index contributed by atoms with van der Waals surface area (Å²) in [5.41, 5.74) is 6.52. The van der Waals surface area contributed by atoms with Crippen LogP contribution in [0.25, 0.3) is 0 Å². The summed E-state index contributed by atoms with van der Waals surface area (Å²) in [6.45, 7) is 9.34. The summed E-state index contributed by atoms with van der Waals surface area (Å²) in [5, 5.41) is 20.6. The third kappa shape index (κ3) is 7.32. The van der Waals surface area contributed by atoms with Gasteiger partial charge in [-0.1, -0.05) is 27.2 Å². The fraction of sp³-hybridized carbons (Fsp3) is 0.733. The topological polar surface area (TPSA) is 144 Å². The number of likely N-dealkylation sites (tertiary alicyclic amines) is 1. The number of nitrogens with zero attached hydrogens (tertiary/aromatic N) is 2. The van der Waals surface area contributed by atoms with Crippen LogP contribution in [0.2, 0.25) is 0 Å². The van der Waals surface area contributed by atoms with Gasteiger partial charge in [-0.25, -0.2) is 0 Å². The molecule has 0 aliphatic carbocycles. The van der Waals surface area contributed by atoms with Crippen LogP contribution >= 0.6 is 0 Å². The fourth-order valence-corrected chi connectivity index (χ4v) is 6.40. The number of rotatable bonds is 15. The minimum atomic E-state index is -0.923. The summed E-state index contributed by atoms with van der Waals surface area (Å²) in [6.07, 6.45) is 3.58. The highest BCUT2D eigenvalue weighted by molar-refractivity contribution is 5.79. The van der Waals surface area contributed by atoms with Gasteiger partial charge in [0.15, 0.2) is 17.8 Å². The van der Waals surface area contributed by atoms with Crippen LogP contribution in [0.5, 0.6) is 11.5 Å². The maximum absolute atomic E-state index is 13.7. The quantitative estimate of drug-likeness (QED) is 0.266. The zero-order chi connectivity index (χ0) is 29.6. The van der Waals surface area contributed by atoms with Crippen LogP contribution in [0.1, 0.15) is 69.9 Å². The molecule has 0 bridgehead atoms. The molecular weight excluding hydrogens is 530 g/mol. The minimum absolute atomic E-state index is 0.00170. The molecular formula is C30H47N3O8. The van der Waals surface area contributed by atoms with Crippen molar-refractivity contribution >= 4 is 11.9 Å². The molecule has 2 fully saturated rings. The molecule has 11 nitrogen and oxygen atoms in total. The predicted molar refractivity (Wildman–Crippen MR) is 152 cm³/mol. The molecule has 0 aromatic heterocycles. The van der Waals surface area contributed by atoms with Crippen molar-refractivity contribution in [2.24, 2.45) is 17.1 Å². The van der Waals surface area contributed by atoms with Gasteiger partial charge in [0.1, 0.15) is 0 Å². The van der Waals surface area contributed by atoms with Gasteiger partial charge in [-0.05, 0) is 49.9 Å². The Morgan fingerprint density at radius 3 is 2.51 bits per heavy atom. The Kier molecular flexibility index (Phi) is 10.9. The van der Waals surface area contributed by atoms with E-state index in [9.17, 15) is 19.8 Å². The van der Waals surface area contributed by atoms with Crippen LogP contribution in [-0.2, 0) is 25.7 Å². The lowest BCUT2D eigenvalue weighted by atomic mass is 9.77. The molecule has 2 saturated heterocycles. The van der Waals surface area contributed by atoms with E-state index >= 15 is 0 Å². The van der Waals surface area contributed by atoms with Crippen molar-refractivity contribution in [3.63, 3.8) is 0 Å². The molecule has 0 spiro atoms. The van der Waals surface area contributed by atoms with E-state index in [0.29, 0.717) is 62.9 Å². The number of unbranched alkanes of at least 4 members (excludes halogenated alkanes) is 2. The summed E-state index contributed by atoms with van der Waals surface area (Å²) in [7, 11) is 0. The molecule has 11 heteroatoms. The van der Waals surface area contributed by atoms with Gasteiger partial charge in [0.05, 0.1) is 32.3 Å². The number of benzene rings is 1. The summed E-state index contributed by atoms with van der Waals surface area (Å²) >= 11 is 0. The molecule has 3 heterocycles. The van der Waals surface area contributed by atoms with E-state index in [1.54, 1.807) is 0 Å². The van der Waals surface area contributed by atoms with Crippen molar-refractivity contribution in [1.82, 2.24) is 9.80 Å². The van der Waals surface area contributed by atoms with E-state index < -0.39 is 35.6 Å². The number of carboxylic acids is 1. The van der Waals surface area contributed by atoms with Gasteiger partial charge in [0.25, 0.3) is 0 Å². The van der Waals surface area contributed by atoms with Gasteiger partial charge >= 0.3 is 5.97 Å². The first-order valence-corrected chi connectivity index (χ1v) is 14.9. The first-order valence-electron chi connectivity index (χ1n) is 14.9. The molecule has 41 heavy (non-hydrogen) atoms. The predicted octanol–water partition coefficient (Wildman–Crippen LogP) is 2.53. The van der Waals surface area contributed by atoms with Crippen molar-refractivity contribution in [2.75, 3.05) is 52.7 Å². The number of hydrogen-bond donors (Lipinski definition) is 3. The molecule has 4 rings (SSSR count). The number of fused-ring (bicyclic) bond motifs is 1. The van der Waals surface area contributed by atoms with Crippen LogP contribution in [-0.4, -0.2) is 97.0 Å². The highest BCUT2D eigenvalue weighted by Crippen LogP contribution is 2.47. The van der Waals surface area contributed by atoms with Gasteiger partial charge in [0.2, 0.25) is 12.7 Å². The van der Waals surface area contributed by atoms with E-state index in [0.717, 1.165) is 31.2 Å². The molecule has 0 radical (unpaired) electrons. The van der Waals surface area contributed by atoms with Crippen molar-refractivity contribution in [2.45, 2.75) is 77.7 Å². The number of carbonyl (C=O) groups is 2. The summed E-state index contributed by atoms with van der Waals surface area (Å²) in [4.78, 5) is 30.6. The smallest absolute Gasteiger partial charge is 0.308 e. The number of aliphatic hydroxyl groups is 1. The molecule has 1 aromatic carbocycles. The number of aliphatic hydroxyl groups excluding tert-OH is 1. The Labute approximate surface area is 242 Å². The maximum Gasteiger partial charge on any atom is 0.308 e. The van der Waals surface area contributed by atoms with Crippen molar-refractivity contribution < 1.29 is 38.7 Å². The first-order chi connectivity index (χ1) is 19.7. The van der Waals surface area contributed by atoms with E-state index in [-0.39, 0.29) is 25.9 Å². The van der Waals surface area contributed by atoms with E-state index in [1.165, 1.54) is 0 Å². The highest BCUT2D eigenvalue weighted by atomic mass is 16.7. The van der Waals surface area contributed by atoms with Crippen LogP contribution in [0.4, 0.5) is 0 Å². The Hall–Kier alpha value is -2.44. The molecule has 3 atom stereocenters. The Balaban J connectivity index is 1.65. The SMILES string of the molecule is CCCCN(CCCCN)C(=O)CN1C[C@H](c2cc(CO)c3c(c2)OCO3)[C@@H](C(=O)O)[C@@H]1CC(C)(C)C1OCCO1. The van der Waals surface area contributed by atoms with Crippen LogP contribution in [0.15, 0.2) is 12.1 Å². The second kappa shape index (κ2) is 14.2. The average Bonchev–Trinajstić information content (AvgIpc) is 3.71. The molecule has 0 saturated carbocycles. The first kappa shape index (κ1) is 31.5. The highest BCUT2D eigenvalue weighted by Gasteiger charge is 2.51. The van der Waals surface area contributed by atoms with E-state index in [1.807, 2.05) is 35.8 Å². The number of carbonyl (C=O) groups excluding carboxylic acids is 1. The van der Waals surface area contributed by atoms with Gasteiger partial charge in [0, 0.05) is 42.6 Å². The zero-order valence-corrected chi connectivity index (χ0v) is 24.7. The largest absolute Gasteiger partial charge is 0.481 e. The summed E-state index contributed by atoms with van der Waals surface area (Å²) in [6, 6.07) is 3.19. The third-order valence-electron chi connectivity index (χ3n) is 8.55. The molecule has 3 aliphatic rings. The number of amides is 1. The number of nitrogens with two attached hydrogens (primary N) is 1. The van der Waals surface area contributed by atoms with Gasteiger partial charge in [-0.2, -0.15) is 0 Å². The second-order valence-corrected chi connectivity index (χ2v) is 12.0. The lowest BCUT2D eigenvalue weighted by Gasteiger charge is -2.37.